The molecule has 153 valence electrons. The van der Waals surface area contributed by atoms with Crippen molar-refractivity contribution in [3.05, 3.63) is 64.5 Å². The zero-order chi connectivity index (χ0) is 21.5. The van der Waals surface area contributed by atoms with Crippen LogP contribution in [-0.4, -0.2) is 42.6 Å². The van der Waals surface area contributed by atoms with Crippen molar-refractivity contribution in [3.63, 3.8) is 0 Å². The van der Waals surface area contributed by atoms with Gasteiger partial charge in [0.1, 0.15) is 0 Å². The molecule has 0 saturated heterocycles. The summed E-state index contributed by atoms with van der Waals surface area (Å²) < 4.78 is 2.74. The van der Waals surface area contributed by atoms with Crippen LogP contribution in [0.2, 0.25) is 0 Å². The fourth-order valence-corrected chi connectivity index (χ4v) is 6.84. The summed E-state index contributed by atoms with van der Waals surface area (Å²) in [4.78, 5) is 29.8. The SMILES string of the molecule is CC1(C)c2cc(CC3C(=O)N=C([Te])NC3=O)sc2-n2c3ccccc3c3cccc1c32. The molecule has 0 bridgehead atoms. The van der Waals surface area contributed by atoms with Gasteiger partial charge in [-0.2, -0.15) is 0 Å². The van der Waals surface area contributed by atoms with Crippen molar-refractivity contribution in [2.45, 2.75) is 25.7 Å². The summed E-state index contributed by atoms with van der Waals surface area (Å²) in [5, 5.41) is 6.38. The van der Waals surface area contributed by atoms with Gasteiger partial charge in [0.25, 0.3) is 0 Å². The molecule has 1 radical (unpaired) electrons. The number of aromatic nitrogens is 1. The second-order valence-electron chi connectivity index (χ2n) is 8.61. The second-order valence-corrected chi connectivity index (χ2v) is 10.8. The molecule has 0 spiro atoms. The molecule has 1 N–H and O–H groups in total. The van der Waals surface area contributed by atoms with Gasteiger partial charge in [0.15, 0.2) is 0 Å². The van der Waals surface area contributed by atoms with Gasteiger partial charge in [-0.15, -0.1) is 0 Å². The van der Waals surface area contributed by atoms with E-state index in [4.69, 9.17) is 0 Å². The topological polar surface area (TPSA) is 63.5 Å². The quantitative estimate of drug-likeness (QED) is 0.311. The number of rotatable bonds is 2. The van der Waals surface area contributed by atoms with Gasteiger partial charge >= 0.3 is 191 Å². The summed E-state index contributed by atoms with van der Waals surface area (Å²) in [6.07, 6.45) is 0.370. The molecular weight excluding hydrogens is 522 g/mol. The Bertz CT molecular complexity index is 1480. The molecule has 0 aliphatic carbocycles. The second kappa shape index (κ2) is 6.52. The van der Waals surface area contributed by atoms with Crippen molar-refractivity contribution in [1.82, 2.24) is 9.88 Å². The number of nitrogens with zero attached hydrogens (tertiary/aromatic N) is 2. The van der Waals surface area contributed by atoms with Crippen LogP contribution in [0.15, 0.2) is 53.5 Å². The van der Waals surface area contributed by atoms with Crippen molar-refractivity contribution in [3.8, 4) is 5.00 Å². The first-order valence-electron chi connectivity index (χ1n) is 10.1. The van der Waals surface area contributed by atoms with Gasteiger partial charge in [-0.25, -0.2) is 0 Å². The number of amidine groups is 1. The molecule has 2 aromatic heterocycles. The first-order valence-corrected chi connectivity index (χ1v) is 12.1. The first-order chi connectivity index (χ1) is 14.9. The number of nitrogens with one attached hydrogen (secondary N) is 1. The third kappa shape index (κ3) is 2.64. The molecule has 0 fully saturated rings. The van der Waals surface area contributed by atoms with Crippen LogP contribution in [0.1, 0.15) is 29.9 Å². The van der Waals surface area contributed by atoms with Crippen molar-refractivity contribution < 1.29 is 9.59 Å². The Hall–Kier alpha value is -2.46. The third-order valence-electron chi connectivity index (χ3n) is 6.47. The minimum absolute atomic E-state index is 0.179. The molecule has 4 aromatic rings. The van der Waals surface area contributed by atoms with E-state index in [-0.39, 0.29) is 17.2 Å². The molecule has 0 saturated carbocycles. The number of hydrogen-bond acceptors (Lipinski definition) is 3. The summed E-state index contributed by atoms with van der Waals surface area (Å²) in [5.41, 5.74) is 4.79. The van der Waals surface area contributed by atoms with E-state index in [1.165, 1.54) is 37.9 Å². The molecule has 7 heteroatoms. The summed E-state index contributed by atoms with van der Waals surface area (Å²) in [6, 6.07) is 17.2. The van der Waals surface area contributed by atoms with Gasteiger partial charge in [-0.05, 0) is 0 Å². The molecule has 5 nitrogen and oxygen atoms in total. The number of fused-ring (bicyclic) bond motifs is 5. The molecule has 2 aromatic carbocycles. The van der Waals surface area contributed by atoms with Crippen LogP contribution >= 0.6 is 11.3 Å². The van der Waals surface area contributed by atoms with Crippen LogP contribution in [0.4, 0.5) is 0 Å². The van der Waals surface area contributed by atoms with E-state index < -0.39 is 5.92 Å². The normalized spacial score (nSPS) is 19.4. The Morgan fingerprint density at radius 3 is 2.68 bits per heavy atom. The van der Waals surface area contributed by atoms with Gasteiger partial charge in [0.2, 0.25) is 0 Å². The Morgan fingerprint density at radius 2 is 1.87 bits per heavy atom. The standard InChI is InChI=1S/C24H18N3O2STe/c1-24(2)16-8-5-7-14-13-6-3-4-9-18(13)27(19(14)16)22-17(24)11-12(30-22)10-15-20(28)25-23(31)26-21(15)29/h3-9,11,15H,10H2,1-2H3,(H,25,26,28,29). The molecule has 2 aliphatic rings. The number of aliphatic imine (C=N–C) groups is 1. The molecule has 4 heterocycles. The number of carbonyl (C=O) groups excluding carboxylic acids is 2. The first kappa shape index (κ1) is 19.2. The minimum atomic E-state index is -0.766. The fraction of sp³-hybridized carbons (Fsp3) is 0.208. The van der Waals surface area contributed by atoms with E-state index in [1.807, 2.05) is 0 Å². The van der Waals surface area contributed by atoms with Crippen LogP contribution in [0.25, 0.3) is 26.8 Å². The summed E-state index contributed by atoms with van der Waals surface area (Å²) in [6.45, 7) is 4.51. The average molecular weight is 540 g/mol. The Labute approximate surface area is 196 Å². The zero-order valence-corrected chi connectivity index (χ0v) is 20.1. The Balaban J connectivity index is 1.57. The summed E-state index contributed by atoms with van der Waals surface area (Å²) in [5.74, 6) is -1.38. The number of thiophene rings is 1. The van der Waals surface area contributed by atoms with E-state index in [0.29, 0.717) is 10.3 Å². The Morgan fingerprint density at radius 1 is 1.10 bits per heavy atom. The van der Waals surface area contributed by atoms with E-state index in [9.17, 15) is 9.59 Å². The predicted molar refractivity (Wildman–Crippen MR) is 124 cm³/mol. The van der Waals surface area contributed by atoms with Crippen LogP contribution in [0, 0.1) is 5.92 Å². The fourth-order valence-electron chi connectivity index (χ4n) is 4.92. The molecule has 2 aliphatic heterocycles. The van der Waals surface area contributed by atoms with E-state index in [2.05, 4.69) is 77.3 Å². The number of carbonyl (C=O) groups is 2. The molecule has 31 heavy (non-hydrogen) atoms. The maximum absolute atomic E-state index is 12.4. The zero-order valence-electron chi connectivity index (χ0n) is 16.9. The van der Waals surface area contributed by atoms with Crippen LogP contribution in [-0.2, 0) is 21.4 Å². The third-order valence-corrected chi connectivity index (χ3v) is 8.16. The van der Waals surface area contributed by atoms with E-state index >= 15 is 0 Å². The van der Waals surface area contributed by atoms with Gasteiger partial charge < -0.3 is 0 Å². The van der Waals surface area contributed by atoms with Crippen LogP contribution in [0.5, 0.6) is 0 Å². The van der Waals surface area contributed by atoms with E-state index in [0.717, 1.165) is 4.88 Å². The molecular formula is C24H18N3O2STe. The predicted octanol–water partition coefficient (Wildman–Crippen LogP) is 3.82. The average Bonchev–Trinajstić information content (AvgIpc) is 3.29. The van der Waals surface area contributed by atoms with Crippen molar-refractivity contribution in [2.24, 2.45) is 10.9 Å². The number of benzene rings is 2. The van der Waals surface area contributed by atoms with Gasteiger partial charge in [-0.1, -0.05) is 6.07 Å². The van der Waals surface area contributed by atoms with Crippen molar-refractivity contribution >= 4 is 71.1 Å². The summed E-state index contributed by atoms with van der Waals surface area (Å²) >= 11 is 3.23. The van der Waals surface area contributed by atoms with Gasteiger partial charge in [0, 0.05) is 0 Å². The maximum atomic E-state index is 12.4. The van der Waals surface area contributed by atoms with Crippen molar-refractivity contribution in [1.29, 1.82) is 0 Å². The van der Waals surface area contributed by atoms with Crippen molar-refractivity contribution in [2.75, 3.05) is 0 Å². The number of amides is 2. The molecule has 1 atom stereocenters. The van der Waals surface area contributed by atoms with Crippen LogP contribution in [0.3, 0.4) is 0 Å². The number of hydrogen-bond donors (Lipinski definition) is 1. The monoisotopic (exact) mass is 542 g/mol. The van der Waals surface area contributed by atoms with Gasteiger partial charge in [0.05, 0.1) is 0 Å². The number of para-hydroxylation sites is 2. The van der Waals surface area contributed by atoms with Crippen LogP contribution < -0.4 is 5.32 Å². The Kier molecular flexibility index (Phi) is 4.05. The summed E-state index contributed by atoms with van der Waals surface area (Å²) in [7, 11) is 0. The van der Waals surface area contributed by atoms with E-state index in [1.54, 1.807) is 33.6 Å². The molecule has 2 amide bonds. The molecule has 1 unspecified atom stereocenters. The molecule has 6 rings (SSSR count). The van der Waals surface area contributed by atoms with Gasteiger partial charge in [-0.3, -0.25) is 0 Å².